The number of hydrogen-bond acceptors (Lipinski definition) is 3. The van der Waals surface area contributed by atoms with Crippen LogP contribution in [0.15, 0.2) is 18.7 Å². The van der Waals surface area contributed by atoms with Crippen LogP contribution in [-0.2, 0) is 22.1 Å². The summed E-state index contributed by atoms with van der Waals surface area (Å²) in [7, 11) is 1.09. The van der Waals surface area contributed by atoms with Gasteiger partial charge in [0.15, 0.2) is 0 Å². The number of rotatable bonds is 9. The van der Waals surface area contributed by atoms with Gasteiger partial charge in [0.05, 0.1) is 25.0 Å². The highest BCUT2D eigenvalue weighted by atomic mass is 32.2. The molecule has 0 fully saturated rings. The topological polar surface area (TPSA) is 69.0 Å². The molecule has 6 heteroatoms. The Balaban J connectivity index is 0.000000555. The predicted molar refractivity (Wildman–Crippen MR) is 74.9 cm³/mol. The van der Waals surface area contributed by atoms with Gasteiger partial charge in [-0.2, -0.15) is 0 Å². The number of H-pyrrole nitrogens is 1. The lowest BCUT2D eigenvalue weighted by atomic mass is 10.1. The van der Waals surface area contributed by atoms with Crippen molar-refractivity contribution in [3.8, 4) is 0 Å². The van der Waals surface area contributed by atoms with Gasteiger partial charge in [-0.25, -0.2) is 8.78 Å². The summed E-state index contributed by atoms with van der Waals surface area (Å²) in [5.41, 5.74) is 0. The maximum absolute atomic E-state index is 9.15. The Morgan fingerprint density at radius 3 is 2.26 bits per heavy atom. The van der Waals surface area contributed by atoms with Gasteiger partial charge in [0.1, 0.15) is 12.4 Å². The van der Waals surface area contributed by atoms with Gasteiger partial charge in [-0.05, 0) is 12.8 Å². The van der Waals surface area contributed by atoms with Crippen LogP contribution in [0.4, 0.5) is 0 Å². The molecule has 19 heavy (non-hydrogen) atoms. The summed E-state index contributed by atoms with van der Waals surface area (Å²) in [6.07, 6.45) is 15.8. The number of imidazole rings is 1. The molecule has 112 valence electrons. The van der Waals surface area contributed by atoms with Crippen LogP contribution in [0.2, 0.25) is 0 Å². The zero-order valence-corrected chi connectivity index (χ0v) is 12.8. The van der Waals surface area contributed by atoms with Gasteiger partial charge in [-0.3, -0.25) is 4.98 Å². The normalized spacial score (nSPS) is 11.7. The van der Waals surface area contributed by atoms with Crippen molar-refractivity contribution in [2.75, 3.05) is 7.11 Å². The number of nitrogens with one attached hydrogen (secondary N) is 1. The predicted octanol–water partition coefficient (Wildman–Crippen LogP) is 2.48. The zero-order valence-electron chi connectivity index (χ0n) is 12.0. The molecule has 0 saturated carbocycles. The van der Waals surface area contributed by atoms with Crippen molar-refractivity contribution in [1.82, 2.24) is 4.98 Å². The van der Waals surface area contributed by atoms with Crippen molar-refractivity contribution in [3.63, 3.8) is 0 Å². The lowest BCUT2D eigenvalue weighted by molar-refractivity contribution is -0.696. The molecule has 1 heterocycles. The number of nitrogens with zero attached hydrogens (tertiary/aromatic N) is 1. The van der Waals surface area contributed by atoms with Gasteiger partial charge in [0, 0.05) is 0 Å². The van der Waals surface area contributed by atoms with Crippen molar-refractivity contribution in [2.45, 2.75) is 58.4 Å². The van der Waals surface area contributed by atoms with Gasteiger partial charge in [-0.15, -0.1) is 0 Å². The first kappa shape index (κ1) is 18.3. The molecule has 1 aromatic rings. The molecule has 5 nitrogen and oxygen atoms in total. The third kappa shape index (κ3) is 13.5. The van der Waals surface area contributed by atoms with E-state index in [0.717, 1.165) is 13.7 Å². The van der Waals surface area contributed by atoms with E-state index >= 15 is 0 Å². The summed E-state index contributed by atoms with van der Waals surface area (Å²) in [6, 6.07) is 0. The second kappa shape index (κ2) is 13.7. The Morgan fingerprint density at radius 1 is 1.21 bits per heavy atom. The van der Waals surface area contributed by atoms with Crippen LogP contribution in [0.25, 0.3) is 0 Å². The molecule has 0 saturated heterocycles. The van der Waals surface area contributed by atoms with Crippen molar-refractivity contribution >= 4 is 11.4 Å². The molecule has 0 amide bonds. The van der Waals surface area contributed by atoms with Crippen molar-refractivity contribution in [3.05, 3.63) is 18.7 Å². The Kier molecular flexibility index (Phi) is 13.2. The summed E-state index contributed by atoms with van der Waals surface area (Å²) in [5, 5.41) is 0. The molecule has 0 aliphatic carbocycles. The SMILES string of the molecule is CCCCCCCCC[n+]1cc[nH]c1.COS(=O)[O-]. The van der Waals surface area contributed by atoms with Crippen LogP contribution in [-0.4, -0.2) is 20.9 Å². The molecule has 0 radical (unpaired) electrons. The monoisotopic (exact) mass is 290 g/mol. The van der Waals surface area contributed by atoms with E-state index < -0.39 is 11.4 Å². The maximum atomic E-state index is 9.15. The van der Waals surface area contributed by atoms with Crippen molar-refractivity contribution in [2.24, 2.45) is 0 Å². The lowest BCUT2D eigenvalue weighted by Gasteiger charge is -1.99. The molecule has 0 aliphatic heterocycles. The van der Waals surface area contributed by atoms with Gasteiger partial charge in [0.2, 0.25) is 6.33 Å². The minimum absolute atomic E-state index is 1.09. The van der Waals surface area contributed by atoms with Crippen LogP contribution < -0.4 is 4.57 Å². The molecule has 0 aromatic carbocycles. The number of hydrogen-bond donors (Lipinski definition) is 1. The van der Waals surface area contributed by atoms with E-state index in [-0.39, 0.29) is 0 Å². The van der Waals surface area contributed by atoms with Gasteiger partial charge < -0.3 is 8.74 Å². The van der Waals surface area contributed by atoms with E-state index in [1.54, 1.807) is 0 Å². The van der Waals surface area contributed by atoms with Crippen molar-refractivity contribution in [1.29, 1.82) is 0 Å². The molecular weight excluding hydrogens is 264 g/mol. The van der Waals surface area contributed by atoms with Crippen LogP contribution >= 0.6 is 0 Å². The highest BCUT2D eigenvalue weighted by molar-refractivity contribution is 7.74. The fourth-order valence-electron chi connectivity index (χ4n) is 1.71. The summed E-state index contributed by atoms with van der Waals surface area (Å²) in [5.74, 6) is 0. The van der Waals surface area contributed by atoms with E-state index in [0.29, 0.717) is 0 Å². The minimum atomic E-state index is -2.32. The second-order valence-corrected chi connectivity index (χ2v) is 5.08. The first-order valence-corrected chi connectivity index (χ1v) is 7.86. The standard InChI is InChI=1S/C12H22N2.CH4O3S/c1-2-3-4-5-6-7-8-10-14-11-9-13-12-14;1-4-5(2)3/h9,11-12H,2-8,10H2,1H3;1H3,(H,2,3). The summed E-state index contributed by atoms with van der Waals surface area (Å²) in [6.45, 7) is 3.43. The number of aromatic nitrogens is 2. The lowest BCUT2D eigenvalue weighted by Crippen LogP contribution is -2.30. The molecule has 0 aliphatic rings. The Bertz CT molecular complexity index is 305. The Hall–Kier alpha value is -0.720. The smallest absolute Gasteiger partial charge is 0.241 e. The van der Waals surface area contributed by atoms with Gasteiger partial charge in [-0.1, -0.05) is 39.0 Å². The fraction of sp³-hybridized carbons (Fsp3) is 0.769. The average Bonchev–Trinajstić information content (AvgIpc) is 2.91. The second-order valence-electron chi connectivity index (χ2n) is 4.34. The highest BCUT2D eigenvalue weighted by Crippen LogP contribution is 2.06. The zero-order chi connectivity index (χ0) is 14.3. The average molecular weight is 290 g/mol. The molecule has 1 atom stereocenters. The van der Waals surface area contributed by atoms with E-state index in [9.17, 15) is 0 Å². The summed E-state index contributed by atoms with van der Waals surface area (Å²) in [4.78, 5) is 3.06. The quantitative estimate of drug-likeness (QED) is 0.431. The largest absolute Gasteiger partial charge is 0.750 e. The molecule has 0 spiro atoms. The van der Waals surface area contributed by atoms with Crippen molar-refractivity contribution < 1.29 is 17.5 Å². The Labute approximate surface area is 118 Å². The minimum Gasteiger partial charge on any atom is -0.750 e. The number of unbranched alkanes of at least 4 members (excludes halogenated alkanes) is 6. The third-order valence-corrected chi connectivity index (χ3v) is 3.03. The number of aromatic amines is 1. The molecule has 0 bridgehead atoms. The Morgan fingerprint density at radius 2 is 1.79 bits per heavy atom. The van der Waals surface area contributed by atoms with E-state index in [2.05, 4.69) is 26.9 Å². The summed E-state index contributed by atoms with van der Waals surface area (Å²) < 4.78 is 24.2. The van der Waals surface area contributed by atoms with E-state index in [4.69, 9.17) is 8.76 Å². The van der Waals surface area contributed by atoms with Crippen LogP contribution in [0, 0.1) is 0 Å². The maximum Gasteiger partial charge on any atom is 0.241 e. The fourth-order valence-corrected chi connectivity index (χ4v) is 1.71. The third-order valence-electron chi connectivity index (χ3n) is 2.76. The molecule has 1 rings (SSSR count). The molecule has 1 unspecified atom stereocenters. The number of aryl methyl sites for hydroxylation is 1. The van der Waals surface area contributed by atoms with Crippen LogP contribution in [0.3, 0.4) is 0 Å². The molecule has 1 N–H and O–H groups in total. The van der Waals surface area contributed by atoms with Crippen LogP contribution in [0.5, 0.6) is 0 Å². The van der Waals surface area contributed by atoms with Gasteiger partial charge in [0.25, 0.3) is 0 Å². The summed E-state index contributed by atoms with van der Waals surface area (Å²) >= 11 is -2.32. The first-order chi connectivity index (χ1) is 9.20. The molecule has 1 aromatic heterocycles. The van der Waals surface area contributed by atoms with Crippen LogP contribution in [0.1, 0.15) is 51.9 Å². The molecular formula is C13H26N2O3S. The van der Waals surface area contributed by atoms with E-state index in [1.165, 1.54) is 44.9 Å². The highest BCUT2D eigenvalue weighted by Gasteiger charge is 1.96. The van der Waals surface area contributed by atoms with Gasteiger partial charge >= 0.3 is 0 Å². The first-order valence-electron chi connectivity index (χ1n) is 6.86. The van der Waals surface area contributed by atoms with E-state index in [1.807, 2.05) is 12.5 Å².